The number of aryl methyl sites for hydroxylation is 1. The van der Waals surface area contributed by atoms with Crippen LogP contribution in [0.5, 0.6) is 0 Å². The molecule has 2 fully saturated rings. The van der Waals surface area contributed by atoms with Crippen LogP contribution < -0.4 is 5.32 Å². The van der Waals surface area contributed by atoms with Crippen LogP contribution >= 0.6 is 11.6 Å². The molecule has 27 heavy (non-hydrogen) atoms. The second-order valence-electron chi connectivity index (χ2n) is 7.89. The van der Waals surface area contributed by atoms with Crippen molar-refractivity contribution in [3.05, 3.63) is 64.7 Å². The normalized spacial score (nSPS) is 22.7. The van der Waals surface area contributed by atoms with E-state index in [0.29, 0.717) is 18.0 Å². The summed E-state index contributed by atoms with van der Waals surface area (Å²) in [6.45, 7) is 4.48. The molecule has 1 saturated heterocycles. The molecule has 140 valence electrons. The second-order valence-corrected chi connectivity index (χ2v) is 8.33. The van der Waals surface area contributed by atoms with Gasteiger partial charge in [0.25, 0.3) is 0 Å². The predicted molar refractivity (Wildman–Crippen MR) is 107 cm³/mol. The highest BCUT2D eigenvalue weighted by molar-refractivity contribution is 6.30. The number of carbonyl (C=O) groups excluding carboxylic acids is 2. The molecule has 2 aromatic carbocycles. The van der Waals surface area contributed by atoms with Gasteiger partial charge in [0.15, 0.2) is 0 Å². The van der Waals surface area contributed by atoms with Gasteiger partial charge in [-0.25, -0.2) is 0 Å². The van der Waals surface area contributed by atoms with Crippen LogP contribution in [-0.4, -0.2) is 28.8 Å². The summed E-state index contributed by atoms with van der Waals surface area (Å²) in [5.74, 6) is -0.0736. The maximum Gasteiger partial charge on any atom is 0.250 e. The largest absolute Gasteiger partial charge is 0.327 e. The van der Waals surface area contributed by atoms with Gasteiger partial charge in [0, 0.05) is 17.3 Å². The fourth-order valence-electron chi connectivity index (χ4n) is 3.80. The van der Waals surface area contributed by atoms with Crippen molar-refractivity contribution in [1.82, 2.24) is 4.90 Å². The second kappa shape index (κ2) is 6.38. The fraction of sp³-hybridized carbons (Fsp3) is 0.364. The number of nitrogens with zero attached hydrogens (tertiary/aromatic N) is 1. The molecule has 0 aromatic heterocycles. The number of halogens is 1. The molecule has 0 spiro atoms. The van der Waals surface area contributed by atoms with E-state index in [1.807, 2.05) is 62.4 Å². The topological polar surface area (TPSA) is 49.4 Å². The molecule has 2 amide bonds. The third-order valence-corrected chi connectivity index (χ3v) is 6.27. The van der Waals surface area contributed by atoms with E-state index in [9.17, 15) is 9.59 Å². The zero-order valence-electron chi connectivity index (χ0n) is 15.6. The summed E-state index contributed by atoms with van der Waals surface area (Å²) in [5, 5.41) is 3.63. The molecule has 0 radical (unpaired) electrons. The molecule has 2 aliphatic rings. The van der Waals surface area contributed by atoms with E-state index in [1.165, 1.54) is 0 Å². The molecular weight excluding hydrogens is 360 g/mol. The highest BCUT2D eigenvalue weighted by atomic mass is 35.5. The van der Waals surface area contributed by atoms with Crippen LogP contribution in [0.1, 0.15) is 37.3 Å². The predicted octanol–water partition coefficient (Wildman–Crippen LogP) is 4.31. The van der Waals surface area contributed by atoms with Gasteiger partial charge in [-0.3, -0.25) is 9.59 Å². The zero-order chi connectivity index (χ0) is 19.2. The van der Waals surface area contributed by atoms with Crippen LogP contribution in [0.15, 0.2) is 48.5 Å². The van der Waals surface area contributed by atoms with Crippen LogP contribution in [0, 0.1) is 6.92 Å². The number of anilines is 1. The Labute approximate surface area is 164 Å². The average Bonchev–Trinajstić information content (AvgIpc) is 3.44. The first-order valence-electron chi connectivity index (χ1n) is 9.31. The third-order valence-electron chi connectivity index (χ3n) is 6.02. The van der Waals surface area contributed by atoms with Gasteiger partial charge in [0.2, 0.25) is 11.8 Å². The minimum atomic E-state index is -0.802. The van der Waals surface area contributed by atoms with E-state index < -0.39 is 11.0 Å². The first-order chi connectivity index (χ1) is 12.8. The summed E-state index contributed by atoms with van der Waals surface area (Å²) in [4.78, 5) is 28.0. The lowest BCUT2D eigenvalue weighted by Crippen LogP contribution is -2.67. The van der Waals surface area contributed by atoms with E-state index in [0.717, 1.165) is 29.7 Å². The van der Waals surface area contributed by atoms with E-state index in [1.54, 1.807) is 4.90 Å². The quantitative estimate of drug-likeness (QED) is 0.856. The summed E-state index contributed by atoms with van der Waals surface area (Å²) >= 11 is 5.99. The molecule has 1 aliphatic carbocycles. The molecule has 4 rings (SSSR count). The monoisotopic (exact) mass is 382 g/mol. The lowest BCUT2D eigenvalue weighted by Gasteiger charge is -2.50. The molecule has 0 bridgehead atoms. The van der Waals surface area contributed by atoms with Crippen molar-refractivity contribution >= 4 is 29.1 Å². The van der Waals surface area contributed by atoms with Crippen molar-refractivity contribution < 1.29 is 9.59 Å². The summed E-state index contributed by atoms with van der Waals surface area (Å²) in [6.07, 6.45) is 2.31. The van der Waals surface area contributed by atoms with Crippen molar-refractivity contribution in [3.63, 3.8) is 0 Å². The molecule has 1 unspecified atom stereocenters. The SMILES string of the molecule is Cc1ccc(NC(=O)C2(C)CCN2C(=O)C2(c3ccc(Cl)cc3)CC2)cc1. The van der Waals surface area contributed by atoms with E-state index >= 15 is 0 Å². The molecule has 1 heterocycles. The van der Waals surface area contributed by atoms with Crippen LogP contribution in [0.25, 0.3) is 0 Å². The van der Waals surface area contributed by atoms with Gasteiger partial charge in [-0.1, -0.05) is 41.4 Å². The van der Waals surface area contributed by atoms with Crippen molar-refractivity contribution in [2.75, 3.05) is 11.9 Å². The summed E-state index contributed by atoms with van der Waals surface area (Å²) in [6, 6.07) is 15.2. The molecular formula is C22H23ClN2O2. The Balaban J connectivity index is 1.52. The van der Waals surface area contributed by atoms with E-state index in [-0.39, 0.29) is 11.8 Å². The Bertz CT molecular complexity index is 888. The molecule has 4 nitrogen and oxygen atoms in total. The van der Waals surface area contributed by atoms with Crippen molar-refractivity contribution in [1.29, 1.82) is 0 Å². The Hall–Kier alpha value is -2.33. The van der Waals surface area contributed by atoms with Gasteiger partial charge in [-0.15, -0.1) is 0 Å². The number of hydrogen-bond acceptors (Lipinski definition) is 2. The Morgan fingerprint density at radius 3 is 2.15 bits per heavy atom. The first-order valence-corrected chi connectivity index (χ1v) is 9.69. The van der Waals surface area contributed by atoms with Gasteiger partial charge in [-0.2, -0.15) is 0 Å². The van der Waals surface area contributed by atoms with Gasteiger partial charge >= 0.3 is 0 Å². The first kappa shape index (κ1) is 18.1. The maximum absolute atomic E-state index is 13.3. The van der Waals surface area contributed by atoms with Gasteiger partial charge < -0.3 is 10.2 Å². The number of nitrogens with one attached hydrogen (secondary N) is 1. The minimum Gasteiger partial charge on any atom is -0.327 e. The number of benzene rings is 2. The number of amides is 2. The minimum absolute atomic E-state index is 0.0534. The van der Waals surface area contributed by atoms with E-state index in [2.05, 4.69) is 5.32 Å². The average molecular weight is 383 g/mol. The third kappa shape index (κ3) is 3.02. The van der Waals surface area contributed by atoms with Crippen molar-refractivity contribution in [3.8, 4) is 0 Å². The Morgan fingerprint density at radius 1 is 1.00 bits per heavy atom. The number of carbonyl (C=O) groups is 2. The molecule has 1 aliphatic heterocycles. The molecule has 1 atom stereocenters. The van der Waals surface area contributed by atoms with Crippen molar-refractivity contribution in [2.45, 2.75) is 44.1 Å². The number of rotatable bonds is 4. The lowest BCUT2D eigenvalue weighted by atomic mass is 9.82. The van der Waals surface area contributed by atoms with Gasteiger partial charge in [0.05, 0.1) is 5.41 Å². The van der Waals surface area contributed by atoms with Crippen molar-refractivity contribution in [2.24, 2.45) is 0 Å². The highest BCUT2D eigenvalue weighted by Crippen LogP contribution is 2.52. The summed E-state index contributed by atoms with van der Waals surface area (Å²) in [5.41, 5.74) is 1.59. The standard InChI is InChI=1S/C22H23ClN2O2/c1-15-3-9-18(10-4-15)24-19(26)21(2)13-14-25(21)20(27)22(11-12-22)16-5-7-17(23)8-6-16/h3-10H,11-14H2,1-2H3,(H,24,26). The van der Waals surface area contributed by atoms with Crippen LogP contribution in [0.3, 0.4) is 0 Å². The van der Waals surface area contributed by atoms with Gasteiger partial charge in [-0.05, 0) is 62.9 Å². The maximum atomic E-state index is 13.3. The number of hydrogen-bond donors (Lipinski definition) is 1. The molecule has 1 saturated carbocycles. The Kier molecular flexibility index (Phi) is 4.26. The van der Waals surface area contributed by atoms with Crippen LogP contribution in [0.2, 0.25) is 5.02 Å². The zero-order valence-corrected chi connectivity index (χ0v) is 16.3. The van der Waals surface area contributed by atoms with Gasteiger partial charge in [0.1, 0.15) is 5.54 Å². The Morgan fingerprint density at radius 2 is 1.63 bits per heavy atom. The summed E-state index contributed by atoms with van der Waals surface area (Å²) < 4.78 is 0. The highest BCUT2D eigenvalue weighted by Gasteiger charge is 2.59. The molecule has 1 N–H and O–H groups in total. The lowest BCUT2D eigenvalue weighted by molar-refractivity contribution is -0.156. The summed E-state index contributed by atoms with van der Waals surface area (Å²) in [7, 11) is 0. The molecule has 5 heteroatoms. The molecule has 2 aromatic rings. The van der Waals surface area contributed by atoms with Crippen LogP contribution in [0.4, 0.5) is 5.69 Å². The fourth-order valence-corrected chi connectivity index (χ4v) is 3.93. The smallest absolute Gasteiger partial charge is 0.250 e. The van der Waals surface area contributed by atoms with Crippen LogP contribution in [-0.2, 0) is 15.0 Å². The van der Waals surface area contributed by atoms with E-state index in [4.69, 9.17) is 11.6 Å². The number of likely N-dealkylation sites (tertiary alicyclic amines) is 1.